The Morgan fingerprint density at radius 2 is 1.41 bits per heavy atom. The summed E-state index contributed by atoms with van der Waals surface area (Å²) in [5.74, 6) is 2.40. The van der Waals surface area contributed by atoms with Crippen molar-refractivity contribution in [2.24, 2.45) is 29.6 Å². The third-order valence-electron chi connectivity index (χ3n) is 7.28. The molecule has 2 saturated carbocycles. The Balaban J connectivity index is 1.31. The van der Waals surface area contributed by atoms with Crippen LogP contribution < -0.4 is 0 Å². The summed E-state index contributed by atoms with van der Waals surface area (Å²) in [5, 5.41) is 0. The summed E-state index contributed by atoms with van der Waals surface area (Å²) < 4.78 is 36.9. The van der Waals surface area contributed by atoms with Crippen LogP contribution in [0.4, 0.5) is 8.78 Å². The number of ether oxygens (including phenoxy) is 2. The number of halogens is 2. The molecule has 0 aromatic heterocycles. The lowest BCUT2D eigenvalue weighted by molar-refractivity contribution is -0.223. The topological polar surface area (TPSA) is 18.5 Å². The van der Waals surface area contributed by atoms with Gasteiger partial charge in [-0.05, 0) is 75.2 Å². The van der Waals surface area contributed by atoms with Crippen LogP contribution in [0.15, 0.2) is 24.3 Å². The molecule has 0 aromatic carbocycles. The minimum Gasteiger partial charge on any atom is -0.352 e. The number of hydrogen-bond donors (Lipinski definition) is 0. The molecule has 0 atom stereocenters. The second-order valence-corrected chi connectivity index (χ2v) is 9.59. The highest BCUT2D eigenvalue weighted by Crippen LogP contribution is 2.36. The van der Waals surface area contributed by atoms with Crippen LogP contribution in [0.1, 0.15) is 84.0 Å². The van der Waals surface area contributed by atoms with Crippen molar-refractivity contribution in [3.8, 4) is 0 Å². The van der Waals surface area contributed by atoms with Crippen LogP contribution in [0.3, 0.4) is 0 Å². The van der Waals surface area contributed by atoms with Gasteiger partial charge in [0.2, 0.25) is 0 Å². The maximum absolute atomic E-state index is 12.4. The highest BCUT2D eigenvalue weighted by atomic mass is 19.3. The van der Waals surface area contributed by atoms with E-state index in [-0.39, 0.29) is 12.2 Å². The fourth-order valence-corrected chi connectivity index (χ4v) is 5.34. The maximum Gasteiger partial charge on any atom is 0.266 e. The smallest absolute Gasteiger partial charge is 0.266 e. The summed E-state index contributed by atoms with van der Waals surface area (Å²) in [6, 6.07) is 0. The molecule has 3 aliphatic rings. The Morgan fingerprint density at radius 3 is 2.03 bits per heavy atom. The van der Waals surface area contributed by atoms with Crippen LogP contribution in [-0.4, -0.2) is 19.5 Å². The van der Waals surface area contributed by atoms with E-state index in [1.165, 1.54) is 51.4 Å². The summed E-state index contributed by atoms with van der Waals surface area (Å²) >= 11 is 0. The summed E-state index contributed by atoms with van der Waals surface area (Å²) in [4.78, 5) is 0. The molecule has 1 aliphatic heterocycles. The Bertz CT molecular complexity index is 505. The molecule has 0 N–H and O–H groups in total. The van der Waals surface area contributed by atoms with E-state index in [2.05, 4.69) is 19.1 Å². The third-order valence-corrected chi connectivity index (χ3v) is 7.28. The first-order valence-electron chi connectivity index (χ1n) is 12.1. The minimum absolute atomic E-state index is 0.00550. The first kappa shape index (κ1) is 22.9. The molecule has 0 unspecified atom stereocenters. The standard InChI is InChI=1S/C25H40F2O2/c1-2-3-4-5-19-12-14-23(15-13-19)25-28-17-22(18-29-25)11-8-20-6-9-21(10-7-20)16-24(26)27/h8,11,16,19-23,25H,2-7,9-10,12-15,17-18H2,1H3/b11-8+. The molecule has 0 aromatic rings. The van der Waals surface area contributed by atoms with Gasteiger partial charge in [0.25, 0.3) is 6.08 Å². The molecule has 29 heavy (non-hydrogen) atoms. The lowest BCUT2D eigenvalue weighted by atomic mass is 9.79. The van der Waals surface area contributed by atoms with Crippen LogP contribution in [-0.2, 0) is 9.47 Å². The van der Waals surface area contributed by atoms with Gasteiger partial charge in [0.1, 0.15) is 0 Å². The van der Waals surface area contributed by atoms with Crippen molar-refractivity contribution < 1.29 is 18.3 Å². The quantitative estimate of drug-likeness (QED) is 0.304. The fraction of sp³-hybridized carbons (Fsp3) is 0.840. The Labute approximate surface area is 176 Å². The van der Waals surface area contributed by atoms with Crippen LogP contribution in [0.2, 0.25) is 0 Å². The molecule has 3 fully saturated rings. The van der Waals surface area contributed by atoms with Gasteiger partial charge in [0, 0.05) is 11.8 Å². The second kappa shape index (κ2) is 12.2. The molecular formula is C25H40F2O2. The molecule has 0 amide bonds. The van der Waals surface area contributed by atoms with Crippen LogP contribution in [0.25, 0.3) is 0 Å². The molecule has 4 heteroatoms. The summed E-state index contributed by atoms with van der Waals surface area (Å²) in [6.45, 7) is 3.78. The third kappa shape index (κ3) is 7.79. The zero-order valence-electron chi connectivity index (χ0n) is 18.2. The zero-order valence-corrected chi connectivity index (χ0v) is 18.2. The van der Waals surface area contributed by atoms with Crippen LogP contribution in [0.5, 0.6) is 0 Å². The predicted octanol–water partition coefficient (Wildman–Crippen LogP) is 7.51. The van der Waals surface area contributed by atoms with Gasteiger partial charge in [0.05, 0.1) is 13.2 Å². The lowest BCUT2D eigenvalue weighted by Gasteiger charge is -2.37. The summed E-state index contributed by atoms with van der Waals surface area (Å²) in [7, 11) is 0. The van der Waals surface area contributed by atoms with Gasteiger partial charge in [-0.25, -0.2) is 0 Å². The molecule has 2 aliphatic carbocycles. The normalized spacial score (nSPS) is 36.2. The zero-order chi connectivity index (χ0) is 20.5. The Hall–Kier alpha value is -0.740. The molecule has 1 saturated heterocycles. The molecule has 3 rings (SSSR count). The van der Waals surface area contributed by atoms with Crippen LogP contribution in [0, 0.1) is 29.6 Å². The van der Waals surface area contributed by atoms with E-state index in [1.807, 2.05) is 0 Å². The minimum atomic E-state index is -1.53. The van der Waals surface area contributed by atoms with Gasteiger partial charge >= 0.3 is 0 Å². The van der Waals surface area contributed by atoms with E-state index in [4.69, 9.17) is 9.47 Å². The van der Waals surface area contributed by atoms with Crippen molar-refractivity contribution in [1.29, 1.82) is 0 Å². The molecule has 1 heterocycles. The average molecular weight is 411 g/mol. The van der Waals surface area contributed by atoms with Crippen molar-refractivity contribution in [3.05, 3.63) is 24.3 Å². The van der Waals surface area contributed by atoms with Crippen molar-refractivity contribution >= 4 is 0 Å². The molecular weight excluding hydrogens is 370 g/mol. The largest absolute Gasteiger partial charge is 0.352 e. The average Bonchev–Trinajstić information content (AvgIpc) is 2.74. The number of hydrogen-bond acceptors (Lipinski definition) is 2. The van der Waals surface area contributed by atoms with Gasteiger partial charge in [0.15, 0.2) is 6.29 Å². The first-order chi connectivity index (χ1) is 14.1. The number of rotatable bonds is 8. The number of allylic oxidation sites excluding steroid dienone is 2. The van der Waals surface area contributed by atoms with E-state index >= 15 is 0 Å². The molecule has 0 spiro atoms. The molecule has 166 valence electrons. The number of unbranched alkanes of at least 4 members (excludes halogenated alkanes) is 2. The molecule has 0 radical (unpaired) electrons. The van der Waals surface area contributed by atoms with E-state index in [9.17, 15) is 8.78 Å². The van der Waals surface area contributed by atoms with E-state index < -0.39 is 6.08 Å². The first-order valence-corrected chi connectivity index (χ1v) is 12.1. The molecule has 2 nitrogen and oxygen atoms in total. The van der Waals surface area contributed by atoms with Crippen molar-refractivity contribution in [1.82, 2.24) is 0 Å². The van der Waals surface area contributed by atoms with Crippen molar-refractivity contribution in [3.63, 3.8) is 0 Å². The van der Waals surface area contributed by atoms with Crippen molar-refractivity contribution in [2.45, 2.75) is 90.3 Å². The van der Waals surface area contributed by atoms with Gasteiger partial charge in [-0.15, -0.1) is 0 Å². The van der Waals surface area contributed by atoms with E-state index in [0.29, 0.717) is 17.8 Å². The van der Waals surface area contributed by atoms with Crippen molar-refractivity contribution in [2.75, 3.05) is 13.2 Å². The highest BCUT2D eigenvalue weighted by molar-refractivity contribution is 4.98. The lowest BCUT2D eigenvalue weighted by Crippen LogP contribution is -2.38. The second-order valence-electron chi connectivity index (χ2n) is 9.59. The summed E-state index contributed by atoms with van der Waals surface area (Å²) in [6.07, 6.45) is 18.5. The van der Waals surface area contributed by atoms with Gasteiger partial charge < -0.3 is 9.47 Å². The predicted molar refractivity (Wildman–Crippen MR) is 114 cm³/mol. The van der Waals surface area contributed by atoms with Gasteiger partial charge in [-0.1, -0.05) is 44.8 Å². The maximum atomic E-state index is 12.4. The van der Waals surface area contributed by atoms with Gasteiger partial charge in [-0.3, -0.25) is 0 Å². The monoisotopic (exact) mass is 410 g/mol. The summed E-state index contributed by atoms with van der Waals surface area (Å²) in [5.41, 5.74) is 0. The van der Waals surface area contributed by atoms with Crippen LogP contribution >= 0.6 is 0 Å². The SMILES string of the molecule is CCCCCC1CCC(C2OCC(/C=C/C3CCC(C=C(F)F)CC3)CO2)CC1. The fourth-order valence-electron chi connectivity index (χ4n) is 5.34. The molecule has 0 bridgehead atoms. The van der Waals surface area contributed by atoms with Gasteiger partial charge in [-0.2, -0.15) is 8.78 Å². The Morgan fingerprint density at radius 1 is 0.793 bits per heavy atom. The van der Waals surface area contributed by atoms with E-state index in [1.54, 1.807) is 0 Å². The highest BCUT2D eigenvalue weighted by Gasteiger charge is 2.32. The Kier molecular flexibility index (Phi) is 9.65. The van der Waals surface area contributed by atoms with E-state index in [0.717, 1.165) is 50.9 Å².